The van der Waals surface area contributed by atoms with Crippen molar-refractivity contribution in [3.63, 3.8) is 0 Å². The van der Waals surface area contributed by atoms with Crippen molar-refractivity contribution in [3.05, 3.63) is 71.8 Å². The van der Waals surface area contributed by atoms with Gasteiger partial charge in [-0.2, -0.15) is 0 Å². The van der Waals surface area contributed by atoms with Gasteiger partial charge >= 0.3 is 0 Å². The van der Waals surface area contributed by atoms with Crippen molar-refractivity contribution in [2.45, 2.75) is 0 Å². The van der Waals surface area contributed by atoms with Crippen LogP contribution in [0.3, 0.4) is 0 Å². The second-order valence-corrected chi connectivity index (χ2v) is 5.37. The van der Waals surface area contributed by atoms with E-state index in [2.05, 4.69) is 5.32 Å². The first kappa shape index (κ1) is 15.1. The number of amides is 1. The highest BCUT2D eigenvalue weighted by Crippen LogP contribution is 2.27. The number of hydrogen-bond donors (Lipinski definition) is 2. The van der Waals surface area contributed by atoms with Crippen molar-refractivity contribution in [2.24, 2.45) is 0 Å². The number of para-hydroxylation sites is 1. The molecule has 0 spiro atoms. The monoisotopic (exact) mass is 325 g/mol. The Bertz CT molecular complexity index is 907. The van der Waals surface area contributed by atoms with E-state index in [1.54, 1.807) is 30.3 Å². The average molecular weight is 326 g/mol. The van der Waals surface area contributed by atoms with Crippen LogP contribution in [0.5, 0.6) is 5.75 Å². The number of halogens is 1. The molecule has 0 unspecified atom stereocenters. The van der Waals surface area contributed by atoms with Crippen molar-refractivity contribution in [1.29, 1.82) is 0 Å². The maximum atomic E-state index is 12.3. The van der Waals surface area contributed by atoms with E-state index in [-0.39, 0.29) is 17.2 Å². The van der Waals surface area contributed by atoms with Gasteiger partial charge in [-0.15, -0.1) is 0 Å². The molecule has 114 valence electrons. The summed E-state index contributed by atoms with van der Waals surface area (Å²) in [5, 5.41) is 13.2. The van der Waals surface area contributed by atoms with Gasteiger partial charge in [0.2, 0.25) is 0 Å². The fraction of sp³-hybridized carbons (Fsp3) is 0. The molecule has 0 saturated heterocycles. The summed E-state index contributed by atoms with van der Waals surface area (Å²) in [5.74, 6) is -0.441. The molecule has 3 aromatic rings. The molecular formula is C18H12ClNO3. The Morgan fingerprint density at radius 1 is 0.913 bits per heavy atom. The molecule has 0 atom stereocenters. The summed E-state index contributed by atoms with van der Waals surface area (Å²) in [7, 11) is 0. The number of carbonyl (C=O) groups excluding carboxylic acids is 2. The largest absolute Gasteiger partial charge is 0.507 e. The van der Waals surface area contributed by atoms with Crippen LogP contribution in [0.4, 0.5) is 5.69 Å². The first-order valence-corrected chi connectivity index (χ1v) is 7.25. The Morgan fingerprint density at radius 2 is 1.65 bits per heavy atom. The summed E-state index contributed by atoms with van der Waals surface area (Å²) in [6.07, 6.45) is 0. The lowest BCUT2D eigenvalue weighted by atomic mass is 10.0. The number of benzene rings is 3. The molecule has 1 amide bonds. The van der Waals surface area contributed by atoms with Gasteiger partial charge in [0.05, 0.1) is 5.56 Å². The van der Waals surface area contributed by atoms with Gasteiger partial charge < -0.3 is 10.4 Å². The van der Waals surface area contributed by atoms with Gasteiger partial charge in [0.15, 0.2) is 0 Å². The van der Waals surface area contributed by atoms with E-state index in [4.69, 9.17) is 11.6 Å². The smallest absolute Gasteiger partial charge is 0.256 e. The van der Waals surface area contributed by atoms with E-state index in [1.807, 2.05) is 18.2 Å². The zero-order valence-corrected chi connectivity index (χ0v) is 12.7. The van der Waals surface area contributed by atoms with Gasteiger partial charge in [-0.3, -0.25) is 9.59 Å². The molecule has 0 radical (unpaired) electrons. The SMILES string of the molecule is O=C(Nc1ccccc1)c1ccc2cc(O)c(C(=O)Cl)cc2c1. The third-order valence-corrected chi connectivity index (χ3v) is 3.66. The number of phenolic OH excluding ortho intramolecular Hbond substituents is 1. The zero-order valence-electron chi connectivity index (χ0n) is 11.9. The Morgan fingerprint density at radius 3 is 2.35 bits per heavy atom. The van der Waals surface area contributed by atoms with Crippen LogP contribution >= 0.6 is 11.6 Å². The predicted octanol–water partition coefficient (Wildman–Crippen LogP) is 4.18. The van der Waals surface area contributed by atoms with Gasteiger partial charge in [-0.25, -0.2) is 0 Å². The van der Waals surface area contributed by atoms with E-state index in [9.17, 15) is 14.7 Å². The lowest BCUT2D eigenvalue weighted by Crippen LogP contribution is -2.11. The quantitative estimate of drug-likeness (QED) is 0.710. The van der Waals surface area contributed by atoms with E-state index in [0.717, 1.165) is 0 Å². The Balaban J connectivity index is 1.97. The number of rotatable bonds is 3. The Labute approximate surface area is 137 Å². The molecule has 4 nitrogen and oxygen atoms in total. The lowest BCUT2D eigenvalue weighted by molar-refractivity contribution is 0.102. The van der Waals surface area contributed by atoms with Crippen molar-refractivity contribution in [2.75, 3.05) is 5.32 Å². The van der Waals surface area contributed by atoms with Gasteiger partial charge in [0.25, 0.3) is 11.1 Å². The molecule has 3 aromatic carbocycles. The van der Waals surface area contributed by atoms with Crippen LogP contribution in [0, 0.1) is 0 Å². The Kier molecular flexibility index (Phi) is 4.00. The maximum absolute atomic E-state index is 12.3. The maximum Gasteiger partial charge on any atom is 0.256 e. The van der Waals surface area contributed by atoms with Crippen molar-refractivity contribution in [3.8, 4) is 5.75 Å². The highest BCUT2D eigenvalue weighted by Gasteiger charge is 2.12. The average Bonchev–Trinajstić information content (AvgIpc) is 2.54. The van der Waals surface area contributed by atoms with Gasteiger partial charge in [-0.05, 0) is 58.8 Å². The highest BCUT2D eigenvalue weighted by molar-refractivity contribution is 6.68. The number of fused-ring (bicyclic) bond motifs is 1. The van der Waals surface area contributed by atoms with Crippen LogP contribution in [-0.4, -0.2) is 16.3 Å². The number of carbonyl (C=O) groups is 2. The van der Waals surface area contributed by atoms with E-state index < -0.39 is 5.24 Å². The first-order chi connectivity index (χ1) is 11.0. The number of aromatic hydroxyl groups is 1. The fourth-order valence-electron chi connectivity index (χ4n) is 2.31. The molecule has 0 fully saturated rings. The molecule has 0 saturated carbocycles. The third kappa shape index (κ3) is 3.17. The number of phenols is 1. The summed E-state index contributed by atoms with van der Waals surface area (Å²) in [6, 6.07) is 17.0. The van der Waals surface area contributed by atoms with Crippen LogP contribution in [0.2, 0.25) is 0 Å². The molecule has 3 rings (SSSR count). The van der Waals surface area contributed by atoms with Gasteiger partial charge in [-0.1, -0.05) is 24.3 Å². The molecule has 23 heavy (non-hydrogen) atoms. The summed E-state index contributed by atoms with van der Waals surface area (Å²) >= 11 is 5.44. The molecule has 0 aliphatic rings. The van der Waals surface area contributed by atoms with Crippen LogP contribution < -0.4 is 5.32 Å². The van der Waals surface area contributed by atoms with E-state index in [0.29, 0.717) is 22.0 Å². The molecule has 0 bridgehead atoms. The summed E-state index contributed by atoms with van der Waals surface area (Å²) in [6.45, 7) is 0. The van der Waals surface area contributed by atoms with Crippen LogP contribution in [0.25, 0.3) is 10.8 Å². The number of hydrogen-bond acceptors (Lipinski definition) is 3. The molecule has 0 aromatic heterocycles. The minimum atomic E-state index is -0.747. The second-order valence-electron chi connectivity index (χ2n) is 5.03. The van der Waals surface area contributed by atoms with Crippen molar-refractivity contribution < 1.29 is 14.7 Å². The third-order valence-electron chi connectivity index (χ3n) is 3.46. The fourth-order valence-corrected chi connectivity index (χ4v) is 2.46. The normalized spacial score (nSPS) is 10.5. The second kappa shape index (κ2) is 6.10. The molecule has 0 heterocycles. The van der Waals surface area contributed by atoms with Gasteiger partial charge in [0.1, 0.15) is 5.75 Å². The first-order valence-electron chi connectivity index (χ1n) is 6.87. The van der Waals surface area contributed by atoms with E-state index in [1.165, 1.54) is 12.1 Å². The number of anilines is 1. The number of nitrogens with one attached hydrogen (secondary N) is 1. The standard InChI is InChI=1S/C18H12ClNO3/c19-17(22)15-9-13-8-12(7-6-11(13)10-16(15)21)18(23)20-14-4-2-1-3-5-14/h1-10,21H,(H,20,23). The summed E-state index contributed by atoms with van der Waals surface area (Å²) in [5.41, 5.74) is 1.15. The lowest BCUT2D eigenvalue weighted by Gasteiger charge is -2.07. The van der Waals surface area contributed by atoms with Crippen molar-refractivity contribution >= 4 is 39.2 Å². The van der Waals surface area contributed by atoms with Gasteiger partial charge in [0, 0.05) is 11.3 Å². The molecule has 2 N–H and O–H groups in total. The minimum absolute atomic E-state index is 0.0137. The van der Waals surface area contributed by atoms with Crippen LogP contribution in [-0.2, 0) is 0 Å². The predicted molar refractivity (Wildman–Crippen MR) is 90.2 cm³/mol. The molecule has 5 heteroatoms. The minimum Gasteiger partial charge on any atom is -0.507 e. The topological polar surface area (TPSA) is 66.4 Å². The highest BCUT2D eigenvalue weighted by atomic mass is 35.5. The molecular weight excluding hydrogens is 314 g/mol. The summed E-state index contributed by atoms with van der Waals surface area (Å²) in [4.78, 5) is 23.6. The zero-order chi connectivity index (χ0) is 16.4. The molecule has 0 aliphatic carbocycles. The van der Waals surface area contributed by atoms with Crippen LogP contribution in [0.15, 0.2) is 60.7 Å². The van der Waals surface area contributed by atoms with E-state index >= 15 is 0 Å². The Hall–Kier alpha value is -2.85. The van der Waals surface area contributed by atoms with Crippen molar-refractivity contribution in [1.82, 2.24) is 0 Å². The summed E-state index contributed by atoms with van der Waals surface area (Å²) < 4.78 is 0. The van der Waals surface area contributed by atoms with Crippen LogP contribution in [0.1, 0.15) is 20.7 Å². The molecule has 0 aliphatic heterocycles.